The van der Waals surface area contributed by atoms with Gasteiger partial charge in [-0.3, -0.25) is 9.59 Å². The molecule has 0 saturated heterocycles. The Morgan fingerprint density at radius 2 is 0.726 bits per heavy atom. The fourth-order valence-corrected chi connectivity index (χ4v) is 7.10. The average molecular weight is 863 g/mol. The Labute approximate surface area is 384 Å². The van der Waals surface area contributed by atoms with E-state index in [1.54, 1.807) is 0 Å². The van der Waals surface area contributed by atoms with Gasteiger partial charge in [-0.05, 0) is 89.9 Å². The molecule has 0 bridgehead atoms. The van der Waals surface area contributed by atoms with Crippen LogP contribution in [0.4, 0.5) is 0 Å². The Bertz CT molecular complexity index is 1160. The molecule has 356 valence electrons. The lowest BCUT2D eigenvalue weighted by atomic mass is 10.0. The van der Waals surface area contributed by atoms with E-state index in [9.17, 15) is 9.59 Å². The SMILES string of the molecule is CC/C=C\C/C=C\C/C=C\C/C=C\CCCCC(=O)OC(COCCCCCC/C=C\C/C=C\C/C=C\CC)COC(=O)CCCCCCCCCCCCCCCCCCC. The number of allylic oxidation sites excluding steroid dienone is 14. The summed E-state index contributed by atoms with van der Waals surface area (Å²) in [6.45, 7) is 7.52. The topological polar surface area (TPSA) is 61.8 Å². The summed E-state index contributed by atoms with van der Waals surface area (Å²) in [4.78, 5) is 25.4. The van der Waals surface area contributed by atoms with E-state index < -0.39 is 6.10 Å². The second-order valence-electron chi connectivity index (χ2n) is 17.0. The summed E-state index contributed by atoms with van der Waals surface area (Å²) in [5.41, 5.74) is 0. The molecule has 0 heterocycles. The first-order valence-corrected chi connectivity index (χ1v) is 26.1. The highest BCUT2D eigenvalue weighted by molar-refractivity contribution is 5.70. The summed E-state index contributed by atoms with van der Waals surface area (Å²) < 4.78 is 17.4. The van der Waals surface area contributed by atoms with Crippen LogP contribution >= 0.6 is 0 Å². The molecule has 0 spiro atoms. The van der Waals surface area contributed by atoms with Gasteiger partial charge in [0, 0.05) is 19.4 Å². The van der Waals surface area contributed by atoms with Crippen LogP contribution in [0.1, 0.15) is 239 Å². The Hall–Kier alpha value is -2.92. The number of rotatable bonds is 47. The molecule has 0 aromatic heterocycles. The maximum Gasteiger partial charge on any atom is 0.306 e. The summed E-state index contributed by atoms with van der Waals surface area (Å²) >= 11 is 0. The standard InChI is InChI=1S/C57H98O5/c1-4-7-10-13-16-19-22-25-28-29-31-32-35-38-41-44-47-50-56(58)61-54-55(53-60-52-49-46-43-40-37-34-27-24-21-18-15-12-9-6-3)62-57(59)51-48-45-42-39-36-33-30-26-23-20-17-14-11-8-5-2/h8-9,11-12,17-18,20-21,26-27,30,34,36,39,55H,4-7,10,13-16,19,22-25,28-29,31-33,35,37-38,40-54H2,1-3H3/b11-8-,12-9-,20-17-,21-18-,30-26-,34-27-,39-36-. The molecule has 0 rings (SSSR count). The number of esters is 2. The summed E-state index contributed by atoms with van der Waals surface area (Å²) in [6.07, 6.45) is 68.8. The maximum atomic E-state index is 12.8. The van der Waals surface area contributed by atoms with Gasteiger partial charge in [0.15, 0.2) is 6.10 Å². The maximum absolute atomic E-state index is 12.8. The molecular formula is C57H98O5. The van der Waals surface area contributed by atoms with Crippen LogP contribution in [0.15, 0.2) is 85.1 Å². The van der Waals surface area contributed by atoms with Crippen LogP contribution in [-0.2, 0) is 23.8 Å². The van der Waals surface area contributed by atoms with E-state index in [0.29, 0.717) is 19.4 Å². The zero-order valence-electron chi connectivity index (χ0n) is 40.9. The molecule has 62 heavy (non-hydrogen) atoms. The van der Waals surface area contributed by atoms with Gasteiger partial charge >= 0.3 is 11.9 Å². The Morgan fingerprint density at radius 1 is 0.371 bits per heavy atom. The lowest BCUT2D eigenvalue weighted by molar-refractivity contribution is -0.163. The van der Waals surface area contributed by atoms with Crippen LogP contribution < -0.4 is 0 Å². The van der Waals surface area contributed by atoms with Gasteiger partial charge in [-0.25, -0.2) is 0 Å². The number of hydrogen-bond acceptors (Lipinski definition) is 5. The molecule has 0 N–H and O–H groups in total. The first-order chi connectivity index (χ1) is 30.6. The van der Waals surface area contributed by atoms with E-state index >= 15 is 0 Å². The van der Waals surface area contributed by atoms with Gasteiger partial charge in [-0.1, -0.05) is 221 Å². The quantitative estimate of drug-likeness (QED) is 0.0346. The summed E-state index contributed by atoms with van der Waals surface area (Å²) in [7, 11) is 0. The third-order valence-electron chi connectivity index (χ3n) is 10.9. The van der Waals surface area contributed by atoms with Crippen molar-refractivity contribution in [1.82, 2.24) is 0 Å². The van der Waals surface area contributed by atoms with Crippen molar-refractivity contribution in [2.24, 2.45) is 0 Å². The van der Waals surface area contributed by atoms with Crippen molar-refractivity contribution >= 4 is 11.9 Å². The van der Waals surface area contributed by atoms with E-state index in [1.165, 1.54) is 109 Å². The van der Waals surface area contributed by atoms with Crippen LogP contribution in [0.5, 0.6) is 0 Å². The van der Waals surface area contributed by atoms with Crippen molar-refractivity contribution in [3.05, 3.63) is 85.1 Å². The third kappa shape index (κ3) is 49.7. The normalized spacial score (nSPS) is 12.9. The van der Waals surface area contributed by atoms with E-state index in [2.05, 4.69) is 106 Å². The Balaban J connectivity index is 4.34. The molecule has 0 amide bonds. The third-order valence-corrected chi connectivity index (χ3v) is 10.9. The number of carbonyl (C=O) groups is 2. The fourth-order valence-electron chi connectivity index (χ4n) is 7.10. The molecule has 5 nitrogen and oxygen atoms in total. The number of hydrogen-bond donors (Lipinski definition) is 0. The monoisotopic (exact) mass is 863 g/mol. The molecule has 0 saturated carbocycles. The summed E-state index contributed by atoms with van der Waals surface area (Å²) in [5.74, 6) is -0.455. The smallest absolute Gasteiger partial charge is 0.306 e. The second-order valence-corrected chi connectivity index (χ2v) is 17.0. The molecule has 0 radical (unpaired) electrons. The summed E-state index contributed by atoms with van der Waals surface area (Å²) in [5, 5.41) is 0. The van der Waals surface area contributed by atoms with Crippen molar-refractivity contribution in [3.63, 3.8) is 0 Å². The highest BCUT2D eigenvalue weighted by Gasteiger charge is 2.17. The van der Waals surface area contributed by atoms with Crippen molar-refractivity contribution in [2.75, 3.05) is 19.8 Å². The molecule has 0 fully saturated rings. The fraction of sp³-hybridized carbons (Fsp3) is 0.719. The van der Waals surface area contributed by atoms with Gasteiger partial charge in [0.1, 0.15) is 6.61 Å². The van der Waals surface area contributed by atoms with Crippen LogP contribution in [0.25, 0.3) is 0 Å². The van der Waals surface area contributed by atoms with Gasteiger partial charge in [0.2, 0.25) is 0 Å². The largest absolute Gasteiger partial charge is 0.462 e. The molecule has 1 atom stereocenters. The van der Waals surface area contributed by atoms with Gasteiger partial charge in [-0.2, -0.15) is 0 Å². The molecule has 5 heteroatoms. The highest BCUT2D eigenvalue weighted by atomic mass is 16.6. The van der Waals surface area contributed by atoms with E-state index in [-0.39, 0.29) is 25.2 Å². The average Bonchev–Trinajstić information content (AvgIpc) is 3.27. The number of unbranched alkanes of at least 4 members (excludes halogenated alkanes) is 22. The van der Waals surface area contributed by atoms with Gasteiger partial charge in [-0.15, -0.1) is 0 Å². The van der Waals surface area contributed by atoms with Crippen LogP contribution in [0.3, 0.4) is 0 Å². The lowest BCUT2D eigenvalue weighted by Gasteiger charge is -2.18. The van der Waals surface area contributed by atoms with Gasteiger partial charge in [0.25, 0.3) is 0 Å². The minimum absolute atomic E-state index is 0.0580. The van der Waals surface area contributed by atoms with Crippen molar-refractivity contribution in [3.8, 4) is 0 Å². The summed E-state index contributed by atoms with van der Waals surface area (Å²) in [6, 6.07) is 0. The van der Waals surface area contributed by atoms with Crippen LogP contribution in [0.2, 0.25) is 0 Å². The van der Waals surface area contributed by atoms with Gasteiger partial charge < -0.3 is 14.2 Å². The minimum Gasteiger partial charge on any atom is -0.462 e. The number of carbonyl (C=O) groups excluding carboxylic acids is 2. The first kappa shape index (κ1) is 59.1. The minimum atomic E-state index is -0.571. The predicted octanol–water partition coefficient (Wildman–Crippen LogP) is 17.7. The molecule has 0 aromatic rings. The first-order valence-electron chi connectivity index (χ1n) is 26.1. The van der Waals surface area contributed by atoms with Gasteiger partial charge in [0.05, 0.1) is 6.61 Å². The molecule has 0 aliphatic heterocycles. The molecule has 0 aliphatic carbocycles. The van der Waals surface area contributed by atoms with Crippen molar-refractivity contribution in [1.29, 1.82) is 0 Å². The molecule has 1 unspecified atom stereocenters. The zero-order chi connectivity index (χ0) is 44.9. The predicted molar refractivity (Wildman–Crippen MR) is 270 cm³/mol. The van der Waals surface area contributed by atoms with Crippen molar-refractivity contribution in [2.45, 2.75) is 245 Å². The highest BCUT2D eigenvalue weighted by Crippen LogP contribution is 2.15. The Morgan fingerprint density at radius 3 is 1.19 bits per heavy atom. The van der Waals surface area contributed by atoms with E-state index in [4.69, 9.17) is 14.2 Å². The van der Waals surface area contributed by atoms with Crippen molar-refractivity contribution < 1.29 is 23.8 Å². The zero-order valence-corrected chi connectivity index (χ0v) is 40.9. The van der Waals surface area contributed by atoms with Crippen LogP contribution in [-0.4, -0.2) is 37.9 Å². The molecule has 0 aliphatic rings. The van der Waals surface area contributed by atoms with Crippen LogP contribution in [0, 0.1) is 0 Å². The number of ether oxygens (including phenoxy) is 3. The molecular weight excluding hydrogens is 765 g/mol. The second kappa shape index (κ2) is 52.4. The molecule has 0 aromatic carbocycles. The lowest BCUT2D eigenvalue weighted by Crippen LogP contribution is -2.30. The van der Waals surface area contributed by atoms with E-state index in [0.717, 1.165) is 96.3 Å². The Kier molecular flexibility index (Phi) is 50.0. The van der Waals surface area contributed by atoms with E-state index in [1.807, 2.05) is 0 Å².